The van der Waals surface area contributed by atoms with Gasteiger partial charge in [0.05, 0.1) is 5.69 Å². The third-order valence-corrected chi connectivity index (χ3v) is 12.3. The SMILES string of the molecule is CCCC(NC(=O)C1CCN(CCc2c(-c3cc(C)cc(C)c3)[nH]c3sc(C(C)(C)CC4C5CCC4C(=O)N5)cc23)CC1)C(N)=O. The third-order valence-electron chi connectivity index (χ3n) is 10.9. The molecule has 4 atom stereocenters. The van der Waals surface area contributed by atoms with Gasteiger partial charge in [0.25, 0.3) is 0 Å². The van der Waals surface area contributed by atoms with Gasteiger partial charge in [0, 0.05) is 34.7 Å². The Bertz CT molecular complexity index is 1590. The van der Waals surface area contributed by atoms with Gasteiger partial charge in [0.2, 0.25) is 17.7 Å². The Morgan fingerprint density at radius 3 is 2.41 bits per heavy atom. The average Bonchev–Trinajstić information content (AvgIpc) is 3.75. The summed E-state index contributed by atoms with van der Waals surface area (Å²) in [4.78, 5) is 46.1. The van der Waals surface area contributed by atoms with E-state index in [1.807, 2.05) is 18.3 Å². The number of aryl methyl sites for hydroxylation is 2. The molecule has 8 nitrogen and oxygen atoms in total. The molecule has 1 saturated carbocycles. The van der Waals surface area contributed by atoms with Crippen LogP contribution in [0.3, 0.4) is 0 Å². The van der Waals surface area contributed by atoms with Gasteiger partial charge >= 0.3 is 0 Å². The lowest BCUT2D eigenvalue weighted by atomic mass is 9.78. The number of rotatable bonds is 12. The van der Waals surface area contributed by atoms with Gasteiger partial charge in [0.1, 0.15) is 10.9 Å². The van der Waals surface area contributed by atoms with Crippen LogP contribution >= 0.6 is 11.3 Å². The number of piperidine rings is 2. The maximum Gasteiger partial charge on any atom is 0.239 e. The lowest BCUT2D eigenvalue weighted by Crippen LogP contribution is -2.48. The van der Waals surface area contributed by atoms with E-state index in [4.69, 9.17) is 5.73 Å². The first-order valence-corrected chi connectivity index (χ1v) is 18.1. The molecule has 3 aliphatic rings. The van der Waals surface area contributed by atoms with Crippen molar-refractivity contribution in [1.29, 1.82) is 0 Å². The van der Waals surface area contributed by atoms with Crippen LogP contribution in [0.1, 0.15) is 87.3 Å². The Balaban J connectivity index is 1.19. The van der Waals surface area contributed by atoms with E-state index >= 15 is 0 Å². The molecule has 4 heterocycles. The summed E-state index contributed by atoms with van der Waals surface area (Å²) >= 11 is 1.87. The number of carbonyl (C=O) groups excluding carboxylic acids is 3. The van der Waals surface area contributed by atoms with Crippen LogP contribution in [0, 0.1) is 31.6 Å². The summed E-state index contributed by atoms with van der Waals surface area (Å²) in [6, 6.07) is 8.95. The molecule has 1 aliphatic carbocycles. The van der Waals surface area contributed by atoms with E-state index in [0.717, 1.165) is 64.6 Å². The summed E-state index contributed by atoms with van der Waals surface area (Å²) in [5.74, 6) is 0.278. The summed E-state index contributed by atoms with van der Waals surface area (Å²) in [5.41, 5.74) is 11.8. The number of nitrogens with zero attached hydrogens (tertiary/aromatic N) is 1. The van der Waals surface area contributed by atoms with Crippen LogP contribution in [0.15, 0.2) is 24.3 Å². The maximum absolute atomic E-state index is 12.9. The molecule has 4 unspecified atom stereocenters. The zero-order valence-corrected chi connectivity index (χ0v) is 28.9. The molecule has 46 heavy (non-hydrogen) atoms. The standard InChI is InChI=1S/C37H51N5O3S/c1-6-7-30(33(38)43)40-34(44)23-10-13-42(14-11-23)15-12-25-27-19-31(37(4,5)20-28-26-8-9-29(28)39-35(26)45)46-36(27)41-32(25)24-17-21(2)16-22(3)18-24/h16-19,23,26,28-30,41H,6-15,20H2,1-5H3,(H2,38,43)(H,39,45)(H,40,44). The molecule has 1 aromatic carbocycles. The summed E-state index contributed by atoms with van der Waals surface area (Å²) < 4.78 is 0. The molecule has 6 rings (SSSR count). The van der Waals surface area contributed by atoms with Gasteiger partial charge in [-0.15, -0.1) is 11.3 Å². The van der Waals surface area contributed by atoms with E-state index in [0.29, 0.717) is 18.4 Å². The number of primary amides is 1. The Kier molecular flexibility index (Phi) is 9.36. The van der Waals surface area contributed by atoms with Crippen LogP contribution in [-0.2, 0) is 26.2 Å². The van der Waals surface area contributed by atoms with Gasteiger partial charge < -0.3 is 26.3 Å². The number of nitrogens with two attached hydrogens (primary N) is 1. The van der Waals surface area contributed by atoms with Gasteiger partial charge in [-0.2, -0.15) is 0 Å². The first-order chi connectivity index (χ1) is 21.9. The number of H-pyrrole nitrogens is 1. The van der Waals surface area contributed by atoms with Gasteiger partial charge in [-0.05, 0) is 113 Å². The minimum atomic E-state index is -0.580. The van der Waals surface area contributed by atoms with Gasteiger partial charge in [-0.1, -0.05) is 44.4 Å². The fraction of sp³-hybridized carbons (Fsp3) is 0.595. The normalized spacial score (nSPS) is 22.8. The number of nitrogens with one attached hydrogen (secondary N) is 3. The number of benzene rings is 1. The zero-order valence-electron chi connectivity index (χ0n) is 28.1. The number of likely N-dealkylation sites (tertiary alicyclic amines) is 1. The first-order valence-electron chi connectivity index (χ1n) is 17.3. The number of aromatic nitrogens is 1. The molecule has 3 aromatic rings. The van der Waals surface area contributed by atoms with Gasteiger partial charge in [0.15, 0.2) is 0 Å². The highest BCUT2D eigenvalue weighted by Crippen LogP contribution is 2.48. The lowest BCUT2D eigenvalue weighted by Gasteiger charge is -2.32. The molecule has 2 bridgehead atoms. The molecule has 0 radical (unpaired) electrons. The molecule has 9 heteroatoms. The molecule has 0 spiro atoms. The summed E-state index contributed by atoms with van der Waals surface area (Å²) in [5, 5.41) is 7.45. The van der Waals surface area contributed by atoms with Crippen molar-refractivity contribution in [2.24, 2.45) is 23.5 Å². The first kappa shape index (κ1) is 32.8. The Labute approximate surface area is 277 Å². The average molecular weight is 646 g/mol. The summed E-state index contributed by atoms with van der Waals surface area (Å²) in [7, 11) is 0. The van der Waals surface area contributed by atoms with Gasteiger partial charge in [-0.25, -0.2) is 0 Å². The molecular formula is C37H51N5O3S. The molecule has 2 aromatic heterocycles. The number of amides is 3. The topological polar surface area (TPSA) is 120 Å². The smallest absolute Gasteiger partial charge is 0.239 e. The summed E-state index contributed by atoms with van der Waals surface area (Å²) in [6.45, 7) is 13.6. The van der Waals surface area contributed by atoms with Crippen LogP contribution in [0.4, 0.5) is 0 Å². The Hall–Kier alpha value is -3.17. The highest BCUT2D eigenvalue weighted by atomic mass is 32.1. The monoisotopic (exact) mass is 645 g/mol. The van der Waals surface area contributed by atoms with Crippen molar-refractivity contribution in [1.82, 2.24) is 20.5 Å². The predicted octanol–water partition coefficient (Wildman–Crippen LogP) is 5.73. The molecule has 2 aliphatic heterocycles. The van der Waals surface area contributed by atoms with E-state index in [1.165, 1.54) is 43.0 Å². The molecule has 5 N–H and O–H groups in total. The van der Waals surface area contributed by atoms with Crippen LogP contribution in [-0.4, -0.2) is 59.3 Å². The van der Waals surface area contributed by atoms with E-state index in [-0.39, 0.29) is 29.1 Å². The zero-order chi connectivity index (χ0) is 32.7. The van der Waals surface area contributed by atoms with E-state index in [2.05, 4.69) is 72.5 Å². The van der Waals surface area contributed by atoms with Crippen molar-refractivity contribution in [2.45, 2.75) is 103 Å². The number of aromatic amines is 1. The minimum absolute atomic E-state index is 0.0210. The maximum atomic E-state index is 12.9. The Morgan fingerprint density at radius 1 is 1.09 bits per heavy atom. The molecular weight excluding hydrogens is 595 g/mol. The Morgan fingerprint density at radius 2 is 1.80 bits per heavy atom. The minimum Gasteiger partial charge on any atom is -0.368 e. The largest absolute Gasteiger partial charge is 0.368 e. The molecule has 248 valence electrons. The molecule has 2 saturated heterocycles. The van der Waals surface area contributed by atoms with Crippen LogP contribution in [0.2, 0.25) is 0 Å². The van der Waals surface area contributed by atoms with Crippen molar-refractivity contribution in [3.8, 4) is 11.3 Å². The molecule has 3 amide bonds. The van der Waals surface area contributed by atoms with E-state index < -0.39 is 11.9 Å². The van der Waals surface area contributed by atoms with E-state index in [1.54, 1.807) is 0 Å². The quantitative estimate of drug-likeness (QED) is 0.201. The second-order valence-corrected chi connectivity index (χ2v) is 15.9. The van der Waals surface area contributed by atoms with Crippen molar-refractivity contribution < 1.29 is 14.4 Å². The fourth-order valence-corrected chi connectivity index (χ4v) is 9.58. The second-order valence-electron chi connectivity index (χ2n) is 14.9. The lowest BCUT2D eigenvalue weighted by molar-refractivity contribution is -0.131. The van der Waals surface area contributed by atoms with Gasteiger partial charge in [-0.3, -0.25) is 14.4 Å². The second kappa shape index (κ2) is 13.1. The number of hydrogen-bond donors (Lipinski definition) is 4. The van der Waals surface area contributed by atoms with Crippen molar-refractivity contribution in [3.05, 3.63) is 45.8 Å². The molecule has 3 fully saturated rings. The number of carbonyl (C=O) groups is 3. The summed E-state index contributed by atoms with van der Waals surface area (Å²) in [6.07, 6.45) is 7.02. The number of thiophene rings is 1. The fourth-order valence-electron chi connectivity index (χ4n) is 8.38. The van der Waals surface area contributed by atoms with Crippen LogP contribution in [0.5, 0.6) is 0 Å². The van der Waals surface area contributed by atoms with Crippen molar-refractivity contribution in [2.75, 3.05) is 19.6 Å². The van der Waals surface area contributed by atoms with Crippen molar-refractivity contribution in [3.63, 3.8) is 0 Å². The van der Waals surface area contributed by atoms with Crippen LogP contribution < -0.4 is 16.4 Å². The van der Waals surface area contributed by atoms with Crippen molar-refractivity contribution >= 4 is 39.3 Å². The highest BCUT2D eigenvalue weighted by Gasteiger charge is 2.49. The predicted molar refractivity (Wildman–Crippen MR) is 186 cm³/mol. The number of fused-ring (bicyclic) bond motifs is 3. The third kappa shape index (κ3) is 6.63. The highest BCUT2D eigenvalue weighted by molar-refractivity contribution is 7.18. The van der Waals surface area contributed by atoms with Crippen LogP contribution in [0.25, 0.3) is 21.5 Å². The van der Waals surface area contributed by atoms with E-state index in [9.17, 15) is 14.4 Å². The number of hydrogen-bond acceptors (Lipinski definition) is 5.